The molecule has 2 aromatic carbocycles. The molecule has 2 amide bonds. The van der Waals surface area contributed by atoms with Crippen LogP contribution in [0.5, 0.6) is 0 Å². The number of hydrogen-bond donors (Lipinski definition) is 2. The Kier molecular flexibility index (Phi) is 5.58. The van der Waals surface area contributed by atoms with Crippen molar-refractivity contribution < 1.29 is 9.59 Å². The van der Waals surface area contributed by atoms with Gasteiger partial charge in [-0.15, -0.1) is 0 Å². The third-order valence-electron chi connectivity index (χ3n) is 3.93. The summed E-state index contributed by atoms with van der Waals surface area (Å²) in [7, 11) is 0. The predicted octanol–water partition coefficient (Wildman–Crippen LogP) is 3.11. The summed E-state index contributed by atoms with van der Waals surface area (Å²) in [6.07, 6.45) is 0. The van der Waals surface area contributed by atoms with Gasteiger partial charge in [0.25, 0.3) is 0 Å². The molecule has 0 saturated carbocycles. The van der Waals surface area contributed by atoms with Crippen LogP contribution in [-0.4, -0.2) is 36.3 Å². The number of nitrogens with zero attached hydrogens (tertiary/aromatic N) is 1. The molecule has 1 heterocycles. The molecule has 25 heavy (non-hydrogen) atoms. The monoisotopic (exact) mass is 377 g/mol. The molecule has 1 aliphatic heterocycles. The van der Waals surface area contributed by atoms with E-state index in [-0.39, 0.29) is 18.4 Å². The summed E-state index contributed by atoms with van der Waals surface area (Å²) >= 11 is 12.0. The van der Waals surface area contributed by atoms with Gasteiger partial charge in [0, 0.05) is 28.8 Å². The smallest absolute Gasteiger partial charge is 0.246 e. The van der Waals surface area contributed by atoms with Crippen molar-refractivity contribution in [3.8, 4) is 0 Å². The lowest BCUT2D eigenvalue weighted by atomic mass is 10.0. The van der Waals surface area contributed by atoms with E-state index < -0.39 is 6.04 Å². The first-order chi connectivity index (χ1) is 12.0. The number of piperazine rings is 1. The number of nitrogens with one attached hydrogen (secondary N) is 2. The number of rotatable bonds is 4. The van der Waals surface area contributed by atoms with Gasteiger partial charge in [-0.05, 0) is 23.8 Å². The Bertz CT molecular complexity index is 763. The van der Waals surface area contributed by atoms with Crippen LogP contribution >= 0.6 is 23.2 Å². The van der Waals surface area contributed by atoms with E-state index >= 15 is 0 Å². The summed E-state index contributed by atoms with van der Waals surface area (Å²) in [5.41, 5.74) is 1.34. The molecule has 0 spiro atoms. The van der Waals surface area contributed by atoms with Gasteiger partial charge in [0.1, 0.15) is 6.04 Å². The van der Waals surface area contributed by atoms with Crippen LogP contribution in [0.2, 0.25) is 10.0 Å². The van der Waals surface area contributed by atoms with Crippen LogP contribution in [-0.2, 0) is 9.59 Å². The lowest BCUT2D eigenvalue weighted by molar-refractivity contribution is -0.128. The third kappa shape index (κ3) is 4.51. The highest BCUT2D eigenvalue weighted by atomic mass is 35.5. The number of benzene rings is 2. The average molecular weight is 378 g/mol. The molecule has 0 radical (unpaired) electrons. The molecule has 1 saturated heterocycles. The molecule has 2 N–H and O–H groups in total. The van der Waals surface area contributed by atoms with Gasteiger partial charge in [-0.3, -0.25) is 14.5 Å². The maximum atomic E-state index is 13.0. The van der Waals surface area contributed by atoms with E-state index in [1.807, 2.05) is 35.2 Å². The Labute approximate surface area is 155 Å². The number of halogens is 2. The molecular weight excluding hydrogens is 361 g/mol. The molecule has 2 aromatic rings. The van der Waals surface area contributed by atoms with Crippen LogP contribution in [0.3, 0.4) is 0 Å². The van der Waals surface area contributed by atoms with Crippen LogP contribution in [0.4, 0.5) is 5.69 Å². The van der Waals surface area contributed by atoms with E-state index in [9.17, 15) is 9.59 Å². The minimum atomic E-state index is -0.579. The van der Waals surface area contributed by atoms with E-state index in [1.54, 1.807) is 18.2 Å². The zero-order chi connectivity index (χ0) is 17.8. The largest absolute Gasteiger partial charge is 0.354 e. The summed E-state index contributed by atoms with van der Waals surface area (Å²) in [6.45, 7) is 1.27. The van der Waals surface area contributed by atoms with Gasteiger partial charge >= 0.3 is 0 Å². The zero-order valence-corrected chi connectivity index (χ0v) is 14.8. The van der Waals surface area contributed by atoms with Crippen molar-refractivity contribution in [2.75, 3.05) is 25.0 Å². The summed E-state index contributed by atoms with van der Waals surface area (Å²) in [6, 6.07) is 13.7. The standard InChI is InChI=1S/C18H17Cl2N3O2/c19-13-8-14(20)10-15(9-13)22-18(25)17(12-4-2-1-3-5-12)23-7-6-21-16(24)11-23/h1-5,8-10,17H,6-7,11H2,(H,21,24)(H,22,25). The Balaban J connectivity index is 1.88. The van der Waals surface area contributed by atoms with Gasteiger partial charge in [-0.25, -0.2) is 0 Å². The summed E-state index contributed by atoms with van der Waals surface area (Å²) in [5.74, 6) is -0.329. The lowest BCUT2D eigenvalue weighted by Crippen LogP contribution is -2.51. The molecule has 130 valence electrons. The zero-order valence-electron chi connectivity index (χ0n) is 13.3. The first kappa shape index (κ1) is 17.7. The van der Waals surface area contributed by atoms with Crippen LogP contribution in [0.15, 0.2) is 48.5 Å². The maximum Gasteiger partial charge on any atom is 0.246 e. The van der Waals surface area contributed by atoms with Gasteiger partial charge in [0.15, 0.2) is 0 Å². The summed E-state index contributed by atoms with van der Waals surface area (Å²) < 4.78 is 0. The molecule has 1 unspecified atom stereocenters. The maximum absolute atomic E-state index is 13.0. The molecule has 0 bridgehead atoms. The van der Waals surface area contributed by atoms with Crippen molar-refractivity contribution in [1.29, 1.82) is 0 Å². The van der Waals surface area contributed by atoms with Gasteiger partial charge in [-0.2, -0.15) is 0 Å². The third-order valence-corrected chi connectivity index (χ3v) is 4.36. The van der Waals surface area contributed by atoms with Crippen molar-refractivity contribution in [2.45, 2.75) is 6.04 Å². The van der Waals surface area contributed by atoms with E-state index in [4.69, 9.17) is 23.2 Å². The Morgan fingerprint density at radius 3 is 2.44 bits per heavy atom. The fourth-order valence-electron chi connectivity index (χ4n) is 2.88. The second kappa shape index (κ2) is 7.87. The van der Waals surface area contributed by atoms with Gasteiger partial charge < -0.3 is 10.6 Å². The fourth-order valence-corrected chi connectivity index (χ4v) is 3.40. The topological polar surface area (TPSA) is 61.4 Å². The molecule has 1 fully saturated rings. The van der Waals surface area contributed by atoms with Crippen molar-refractivity contribution in [1.82, 2.24) is 10.2 Å². The number of anilines is 1. The Morgan fingerprint density at radius 1 is 1.12 bits per heavy atom. The molecular formula is C18H17Cl2N3O2. The van der Waals surface area contributed by atoms with Crippen molar-refractivity contribution in [3.05, 3.63) is 64.1 Å². The molecule has 5 nitrogen and oxygen atoms in total. The van der Waals surface area contributed by atoms with Crippen LogP contribution in [0.1, 0.15) is 11.6 Å². The molecule has 1 aliphatic rings. The van der Waals surface area contributed by atoms with Crippen molar-refractivity contribution in [3.63, 3.8) is 0 Å². The normalized spacial score (nSPS) is 16.2. The second-order valence-corrected chi connectivity index (χ2v) is 6.65. The summed E-state index contributed by atoms with van der Waals surface area (Å²) in [4.78, 5) is 26.6. The van der Waals surface area contributed by atoms with Crippen LogP contribution in [0.25, 0.3) is 0 Å². The van der Waals surface area contributed by atoms with Gasteiger partial charge in [0.2, 0.25) is 11.8 Å². The number of amides is 2. The highest BCUT2D eigenvalue weighted by Crippen LogP contribution is 2.26. The van der Waals surface area contributed by atoms with Crippen LogP contribution in [0, 0.1) is 0 Å². The first-order valence-corrected chi connectivity index (χ1v) is 8.61. The quantitative estimate of drug-likeness (QED) is 0.860. The van der Waals surface area contributed by atoms with E-state index in [2.05, 4.69) is 10.6 Å². The molecule has 0 aliphatic carbocycles. The number of carbonyl (C=O) groups excluding carboxylic acids is 2. The van der Waals surface area contributed by atoms with Gasteiger partial charge in [0.05, 0.1) is 6.54 Å². The molecule has 0 aromatic heterocycles. The highest BCUT2D eigenvalue weighted by molar-refractivity contribution is 6.35. The number of hydrogen-bond acceptors (Lipinski definition) is 3. The fraction of sp³-hybridized carbons (Fsp3) is 0.222. The molecule has 1 atom stereocenters. The Morgan fingerprint density at radius 2 is 1.80 bits per heavy atom. The minimum absolute atomic E-state index is 0.0919. The van der Waals surface area contributed by atoms with Crippen molar-refractivity contribution >= 4 is 40.7 Å². The first-order valence-electron chi connectivity index (χ1n) is 7.85. The molecule has 3 rings (SSSR count). The molecule has 7 heteroatoms. The average Bonchev–Trinajstić information content (AvgIpc) is 2.55. The van der Waals surface area contributed by atoms with Crippen molar-refractivity contribution in [2.24, 2.45) is 0 Å². The second-order valence-electron chi connectivity index (χ2n) is 5.78. The van der Waals surface area contributed by atoms with E-state index in [0.29, 0.717) is 28.8 Å². The van der Waals surface area contributed by atoms with E-state index in [1.165, 1.54) is 0 Å². The number of carbonyl (C=O) groups is 2. The van der Waals surface area contributed by atoms with Gasteiger partial charge in [-0.1, -0.05) is 53.5 Å². The Hall–Kier alpha value is -2.08. The predicted molar refractivity (Wildman–Crippen MR) is 98.9 cm³/mol. The van der Waals surface area contributed by atoms with E-state index in [0.717, 1.165) is 5.56 Å². The minimum Gasteiger partial charge on any atom is -0.354 e. The van der Waals surface area contributed by atoms with Crippen LogP contribution < -0.4 is 10.6 Å². The lowest BCUT2D eigenvalue weighted by Gasteiger charge is -2.33. The SMILES string of the molecule is O=C1CN(C(C(=O)Nc2cc(Cl)cc(Cl)c2)c2ccccc2)CCN1. The highest BCUT2D eigenvalue weighted by Gasteiger charge is 2.31. The summed E-state index contributed by atoms with van der Waals surface area (Å²) in [5, 5.41) is 6.51.